The molecule has 1 saturated heterocycles. The van der Waals surface area contributed by atoms with Crippen molar-refractivity contribution in [2.24, 2.45) is 12.0 Å². The number of aliphatic hydroxyl groups is 1. The number of benzene rings is 1. The SMILES string of the molecule is Cn1cc(-c2c[nH]c(/C(=N\C=N)N3CCN(c4ncc([C@H](O)c5ccc(F)cc5)cn4)CC3)c2)cn1. The molecular formula is C25H26FN9O. The molecule has 0 spiro atoms. The first-order valence-corrected chi connectivity index (χ1v) is 11.5. The predicted octanol–water partition coefficient (Wildman–Crippen LogP) is 2.60. The van der Waals surface area contributed by atoms with E-state index in [-0.39, 0.29) is 5.82 Å². The van der Waals surface area contributed by atoms with Gasteiger partial charge in [0.1, 0.15) is 18.3 Å². The van der Waals surface area contributed by atoms with E-state index in [1.54, 1.807) is 29.2 Å². The van der Waals surface area contributed by atoms with E-state index in [1.165, 1.54) is 12.1 Å². The average molecular weight is 488 g/mol. The fourth-order valence-corrected chi connectivity index (χ4v) is 4.23. The van der Waals surface area contributed by atoms with E-state index in [0.29, 0.717) is 49.1 Å². The highest BCUT2D eigenvalue weighted by Crippen LogP contribution is 2.23. The van der Waals surface area contributed by atoms with E-state index in [9.17, 15) is 9.50 Å². The molecule has 0 amide bonds. The second kappa shape index (κ2) is 10.1. The maximum atomic E-state index is 13.2. The monoisotopic (exact) mass is 487 g/mol. The van der Waals surface area contributed by atoms with E-state index >= 15 is 0 Å². The first kappa shape index (κ1) is 23.4. The molecule has 10 nitrogen and oxygen atoms in total. The third kappa shape index (κ3) is 4.86. The lowest BCUT2D eigenvalue weighted by Gasteiger charge is -2.36. The van der Waals surface area contributed by atoms with E-state index in [0.717, 1.165) is 23.2 Å². The standard InChI is InChI=1S/C25H26FN9O/c1-33-15-20(14-32-33)18-10-22(28-11-18)24(31-16-27)34-6-8-35(9-7-34)25-29-12-19(13-30-25)23(36)17-2-4-21(26)5-3-17/h2-5,10-16,23,27-28,36H,6-9H2,1H3/b27-16?,31-24+/t23-/m1/s1. The highest BCUT2D eigenvalue weighted by atomic mass is 19.1. The predicted molar refractivity (Wildman–Crippen MR) is 135 cm³/mol. The molecule has 1 aromatic carbocycles. The van der Waals surface area contributed by atoms with Crippen molar-refractivity contribution in [2.45, 2.75) is 6.10 Å². The van der Waals surface area contributed by atoms with E-state index < -0.39 is 6.10 Å². The molecule has 0 radical (unpaired) electrons. The van der Waals surface area contributed by atoms with Crippen molar-refractivity contribution in [1.82, 2.24) is 29.6 Å². The summed E-state index contributed by atoms with van der Waals surface area (Å²) < 4.78 is 14.9. The maximum Gasteiger partial charge on any atom is 0.225 e. The zero-order chi connectivity index (χ0) is 25.1. The van der Waals surface area contributed by atoms with Gasteiger partial charge >= 0.3 is 0 Å². The van der Waals surface area contributed by atoms with Crippen LogP contribution >= 0.6 is 0 Å². The summed E-state index contributed by atoms with van der Waals surface area (Å²) in [5.41, 5.74) is 3.96. The minimum atomic E-state index is -0.922. The number of aliphatic imine (C=N–C) groups is 1. The number of amidine groups is 1. The van der Waals surface area contributed by atoms with Gasteiger partial charge in [0.2, 0.25) is 5.95 Å². The molecular weight excluding hydrogens is 461 g/mol. The van der Waals surface area contributed by atoms with Crippen molar-refractivity contribution in [3.63, 3.8) is 0 Å². The highest BCUT2D eigenvalue weighted by Gasteiger charge is 2.24. The van der Waals surface area contributed by atoms with Crippen LogP contribution < -0.4 is 4.90 Å². The summed E-state index contributed by atoms with van der Waals surface area (Å²) in [5.74, 6) is 0.933. The second-order valence-corrected chi connectivity index (χ2v) is 8.53. The number of aliphatic hydroxyl groups excluding tert-OH is 1. The number of hydrogen-bond donors (Lipinski definition) is 3. The molecule has 36 heavy (non-hydrogen) atoms. The van der Waals surface area contributed by atoms with E-state index in [4.69, 9.17) is 5.41 Å². The molecule has 184 valence electrons. The Morgan fingerprint density at radius 2 is 1.81 bits per heavy atom. The first-order valence-electron chi connectivity index (χ1n) is 11.5. The van der Waals surface area contributed by atoms with E-state index in [1.807, 2.05) is 31.7 Å². The summed E-state index contributed by atoms with van der Waals surface area (Å²) >= 11 is 0. The number of aromatic amines is 1. The average Bonchev–Trinajstić information content (AvgIpc) is 3.57. The summed E-state index contributed by atoms with van der Waals surface area (Å²) in [6, 6.07) is 7.74. The molecule has 5 rings (SSSR count). The number of nitrogens with zero attached hydrogens (tertiary/aromatic N) is 7. The molecule has 0 bridgehead atoms. The van der Waals surface area contributed by atoms with E-state index in [2.05, 4.69) is 34.8 Å². The lowest BCUT2D eigenvalue weighted by atomic mass is 10.0. The number of aromatic nitrogens is 5. The van der Waals surface area contributed by atoms with Crippen LogP contribution in [0, 0.1) is 11.2 Å². The number of rotatable bonds is 6. The van der Waals surface area contributed by atoms with Crippen molar-refractivity contribution >= 4 is 18.1 Å². The molecule has 1 aliphatic heterocycles. The van der Waals surface area contributed by atoms with Crippen LogP contribution in [0.5, 0.6) is 0 Å². The molecule has 1 aliphatic rings. The number of nitrogens with one attached hydrogen (secondary N) is 2. The number of halogens is 1. The Morgan fingerprint density at radius 3 is 2.44 bits per heavy atom. The largest absolute Gasteiger partial charge is 0.384 e. The third-order valence-corrected chi connectivity index (χ3v) is 6.17. The van der Waals surface area contributed by atoms with Crippen molar-refractivity contribution in [2.75, 3.05) is 31.1 Å². The summed E-state index contributed by atoms with van der Waals surface area (Å²) in [6.07, 6.45) is 9.01. The van der Waals surface area contributed by atoms with Gasteiger partial charge in [-0.1, -0.05) is 12.1 Å². The van der Waals surface area contributed by atoms with Gasteiger partial charge in [-0.25, -0.2) is 19.4 Å². The Labute approximate surface area is 207 Å². The van der Waals surface area contributed by atoms with Crippen molar-refractivity contribution in [1.29, 1.82) is 5.41 Å². The van der Waals surface area contributed by atoms with Crippen LogP contribution in [-0.2, 0) is 7.05 Å². The van der Waals surface area contributed by atoms with Crippen LogP contribution in [0.2, 0.25) is 0 Å². The number of aryl methyl sites for hydroxylation is 1. The van der Waals surface area contributed by atoms with Gasteiger partial charge in [-0.15, -0.1) is 0 Å². The van der Waals surface area contributed by atoms with Crippen LogP contribution in [0.15, 0.2) is 66.3 Å². The maximum absolute atomic E-state index is 13.2. The molecule has 0 aliphatic carbocycles. The molecule has 1 atom stereocenters. The fourth-order valence-electron chi connectivity index (χ4n) is 4.23. The van der Waals surface area contributed by atoms with Gasteiger partial charge < -0.3 is 19.9 Å². The minimum absolute atomic E-state index is 0.351. The molecule has 1 fully saturated rings. The van der Waals surface area contributed by atoms with Crippen molar-refractivity contribution < 1.29 is 9.50 Å². The van der Waals surface area contributed by atoms with Crippen LogP contribution in [0.4, 0.5) is 10.3 Å². The smallest absolute Gasteiger partial charge is 0.225 e. The Kier molecular flexibility index (Phi) is 6.54. The minimum Gasteiger partial charge on any atom is -0.384 e. The van der Waals surface area contributed by atoms with Gasteiger partial charge in [-0.2, -0.15) is 5.10 Å². The van der Waals surface area contributed by atoms with Gasteiger partial charge in [0.05, 0.1) is 11.9 Å². The molecule has 0 saturated carbocycles. The molecule has 4 aromatic rings. The molecule has 3 N–H and O–H groups in total. The van der Waals surface area contributed by atoms with Crippen LogP contribution in [0.25, 0.3) is 11.1 Å². The lowest BCUT2D eigenvalue weighted by Crippen LogP contribution is -2.49. The third-order valence-electron chi connectivity index (χ3n) is 6.17. The Morgan fingerprint density at radius 1 is 1.08 bits per heavy atom. The summed E-state index contributed by atoms with van der Waals surface area (Å²) in [7, 11) is 1.88. The number of hydrogen-bond acceptors (Lipinski definition) is 6. The van der Waals surface area contributed by atoms with Crippen LogP contribution in [0.3, 0.4) is 0 Å². The summed E-state index contributed by atoms with van der Waals surface area (Å²) in [6.45, 7) is 2.70. The Balaban J connectivity index is 1.24. The molecule has 0 unspecified atom stereocenters. The van der Waals surface area contributed by atoms with Crippen LogP contribution in [0.1, 0.15) is 22.9 Å². The second-order valence-electron chi connectivity index (χ2n) is 8.53. The number of anilines is 1. The molecule has 11 heteroatoms. The van der Waals surface area contributed by atoms with Crippen molar-refractivity contribution in [3.8, 4) is 11.1 Å². The Bertz CT molecular complexity index is 1350. The van der Waals surface area contributed by atoms with Gasteiger partial charge in [0.25, 0.3) is 0 Å². The molecule has 3 aromatic heterocycles. The first-order chi connectivity index (χ1) is 17.5. The zero-order valence-corrected chi connectivity index (χ0v) is 19.7. The van der Waals surface area contributed by atoms with Crippen LogP contribution in [-0.4, -0.2) is 73.1 Å². The summed E-state index contributed by atoms with van der Waals surface area (Å²) in [4.78, 5) is 20.7. The zero-order valence-electron chi connectivity index (χ0n) is 19.7. The fraction of sp³-hybridized carbons (Fsp3) is 0.240. The topological polar surface area (TPSA) is 122 Å². The van der Waals surface area contributed by atoms with Gasteiger partial charge in [0.15, 0.2) is 5.84 Å². The quantitative estimate of drug-likeness (QED) is 0.284. The van der Waals surface area contributed by atoms with Gasteiger partial charge in [-0.3, -0.25) is 10.1 Å². The van der Waals surface area contributed by atoms with Gasteiger partial charge in [-0.05, 0) is 23.8 Å². The number of piperazine rings is 1. The molecule has 4 heterocycles. The van der Waals surface area contributed by atoms with Crippen molar-refractivity contribution in [3.05, 3.63) is 84.0 Å². The summed E-state index contributed by atoms with van der Waals surface area (Å²) in [5, 5.41) is 22.3. The Hall–Kier alpha value is -4.38. The number of H-pyrrole nitrogens is 1. The lowest BCUT2D eigenvalue weighted by molar-refractivity contribution is 0.219. The van der Waals surface area contributed by atoms with Gasteiger partial charge in [0, 0.05) is 74.7 Å². The highest BCUT2D eigenvalue weighted by molar-refractivity contribution is 6.01. The normalized spacial score (nSPS) is 15.2.